The lowest BCUT2D eigenvalue weighted by Gasteiger charge is -2.10. The molecule has 0 saturated carbocycles. The van der Waals surface area contributed by atoms with E-state index in [9.17, 15) is 9.59 Å². The van der Waals surface area contributed by atoms with Crippen LogP contribution in [0, 0.1) is 0 Å². The summed E-state index contributed by atoms with van der Waals surface area (Å²) in [5, 5.41) is 2.63. The topological polar surface area (TPSA) is 73.9 Å². The molecule has 6 nitrogen and oxygen atoms in total. The van der Waals surface area contributed by atoms with Crippen molar-refractivity contribution in [3.8, 4) is 17.2 Å². The SMILES string of the molecule is COc1ccc(C(=O)CNC(=O)c2ccc3c(c2)OCCCO3)cc1. The van der Waals surface area contributed by atoms with Gasteiger partial charge < -0.3 is 19.5 Å². The largest absolute Gasteiger partial charge is 0.497 e. The molecule has 0 atom stereocenters. The summed E-state index contributed by atoms with van der Waals surface area (Å²) < 4.78 is 16.2. The number of hydrogen-bond donors (Lipinski definition) is 1. The van der Waals surface area contributed by atoms with E-state index in [0.29, 0.717) is 41.6 Å². The fraction of sp³-hybridized carbons (Fsp3) is 0.263. The molecule has 1 heterocycles. The van der Waals surface area contributed by atoms with Gasteiger partial charge in [0.2, 0.25) is 0 Å². The van der Waals surface area contributed by atoms with Crippen LogP contribution < -0.4 is 19.5 Å². The van der Waals surface area contributed by atoms with Crippen molar-refractivity contribution < 1.29 is 23.8 Å². The number of ketones is 1. The normalized spacial score (nSPS) is 12.8. The van der Waals surface area contributed by atoms with Gasteiger partial charge in [-0.25, -0.2) is 0 Å². The molecule has 0 saturated heterocycles. The second-order valence-corrected chi connectivity index (χ2v) is 5.55. The molecule has 2 aromatic rings. The summed E-state index contributed by atoms with van der Waals surface area (Å²) in [6.07, 6.45) is 0.798. The summed E-state index contributed by atoms with van der Waals surface area (Å²) >= 11 is 0. The fourth-order valence-corrected chi connectivity index (χ4v) is 2.45. The van der Waals surface area contributed by atoms with Crippen LogP contribution in [0.4, 0.5) is 0 Å². The first-order valence-electron chi connectivity index (χ1n) is 8.02. The Morgan fingerprint density at radius 2 is 1.68 bits per heavy atom. The maximum atomic E-state index is 12.3. The van der Waals surface area contributed by atoms with Gasteiger partial charge in [0.15, 0.2) is 17.3 Å². The van der Waals surface area contributed by atoms with Crippen molar-refractivity contribution in [1.82, 2.24) is 5.32 Å². The predicted molar refractivity (Wildman–Crippen MR) is 91.7 cm³/mol. The number of hydrogen-bond acceptors (Lipinski definition) is 5. The molecule has 0 aliphatic carbocycles. The van der Waals surface area contributed by atoms with E-state index in [-0.39, 0.29) is 18.2 Å². The third kappa shape index (κ3) is 4.09. The van der Waals surface area contributed by atoms with E-state index >= 15 is 0 Å². The Morgan fingerprint density at radius 3 is 2.40 bits per heavy atom. The summed E-state index contributed by atoms with van der Waals surface area (Å²) in [7, 11) is 1.56. The molecule has 0 fully saturated rings. The zero-order chi connectivity index (χ0) is 17.6. The molecule has 6 heteroatoms. The summed E-state index contributed by atoms with van der Waals surface area (Å²) in [6.45, 7) is 1.06. The minimum absolute atomic E-state index is 0.0837. The second-order valence-electron chi connectivity index (χ2n) is 5.55. The number of benzene rings is 2. The van der Waals surface area contributed by atoms with Crippen LogP contribution in [0.2, 0.25) is 0 Å². The molecule has 1 N–H and O–H groups in total. The second kappa shape index (κ2) is 7.70. The zero-order valence-corrected chi connectivity index (χ0v) is 13.9. The van der Waals surface area contributed by atoms with Gasteiger partial charge in [-0.15, -0.1) is 0 Å². The number of amides is 1. The van der Waals surface area contributed by atoms with Crippen molar-refractivity contribution in [3.05, 3.63) is 53.6 Å². The predicted octanol–water partition coefficient (Wildman–Crippen LogP) is 2.47. The quantitative estimate of drug-likeness (QED) is 0.846. The minimum Gasteiger partial charge on any atom is -0.497 e. The van der Waals surface area contributed by atoms with E-state index in [2.05, 4.69) is 5.32 Å². The first-order chi connectivity index (χ1) is 12.2. The van der Waals surface area contributed by atoms with Gasteiger partial charge in [0.05, 0.1) is 26.9 Å². The van der Waals surface area contributed by atoms with Gasteiger partial charge in [0.1, 0.15) is 5.75 Å². The van der Waals surface area contributed by atoms with Crippen LogP contribution >= 0.6 is 0 Å². The van der Waals surface area contributed by atoms with Crippen molar-refractivity contribution in [1.29, 1.82) is 0 Å². The summed E-state index contributed by atoms with van der Waals surface area (Å²) in [5.41, 5.74) is 0.937. The first kappa shape index (κ1) is 16.8. The van der Waals surface area contributed by atoms with Crippen LogP contribution in [0.5, 0.6) is 17.2 Å². The monoisotopic (exact) mass is 341 g/mol. The molecule has 0 spiro atoms. The maximum Gasteiger partial charge on any atom is 0.251 e. The lowest BCUT2D eigenvalue weighted by atomic mass is 10.1. The molecule has 1 amide bonds. The number of carbonyl (C=O) groups is 2. The van der Waals surface area contributed by atoms with Crippen molar-refractivity contribution >= 4 is 11.7 Å². The van der Waals surface area contributed by atoms with Gasteiger partial charge in [-0.05, 0) is 42.5 Å². The smallest absolute Gasteiger partial charge is 0.251 e. The Morgan fingerprint density at radius 1 is 1.00 bits per heavy atom. The highest BCUT2D eigenvalue weighted by molar-refractivity contribution is 6.02. The Balaban J connectivity index is 1.62. The van der Waals surface area contributed by atoms with Crippen LogP contribution in [0.25, 0.3) is 0 Å². The average molecular weight is 341 g/mol. The Labute approximate surface area is 145 Å². The molecule has 0 aromatic heterocycles. The third-order valence-electron chi connectivity index (χ3n) is 3.83. The van der Waals surface area contributed by atoms with Crippen LogP contribution in [-0.2, 0) is 0 Å². The number of rotatable bonds is 5. The van der Waals surface area contributed by atoms with Crippen LogP contribution in [-0.4, -0.2) is 38.6 Å². The fourth-order valence-electron chi connectivity index (χ4n) is 2.45. The lowest BCUT2D eigenvalue weighted by Crippen LogP contribution is -2.29. The number of methoxy groups -OCH3 is 1. The summed E-state index contributed by atoms with van der Waals surface area (Å²) in [5.74, 6) is 1.34. The molecule has 2 aromatic carbocycles. The highest BCUT2D eigenvalue weighted by atomic mass is 16.5. The van der Waals surface area contributed by atoms with Crippen molar-refractivity contribution in [2.75, 3.05) is 26.9 Å². The summed E-state index contributed by atoms with van der Waals surface area (Å²) in [6, 6.07) is 11.7. The standard InChI is InChI=1S/C19H19NO5/c1-23-15-6-3-13(4-7-15)16(21)12-20-19(22)14-5-8-17-18(11-14)25-10-2-9-24-17/h3-8,11H,2,9-10,12H2,1H3,(H,20,22). The van der Waals surface area contributed by atoms with Gasteiger partial charge >= 0.3 is 0 Å². The van der Waals surface area contributed by atoms with Crippen LogP contribution in [0.3, 0.4) is 0 Å². The molecule has 25 heavy (non-hydrogen) atoms. The molecular formula is C19H19NO5. The number of Topliss-reactive ketones (excluding diaryl/α,β-unsaturated/α-hetero) is 1. The van der Waals surface area contributed by atoms with Gasteiger partial charge in [0, 0.05) is 17.5 Å². The zero-order valence-electron chi connectivity index (χ0n) is 13.9. The number of ether oxygens (including phenoxy) is 3. The Kier molecular flexibility index (Phi) is 5.18. The van der Waals surface area contributed by atoms with E-state index in [1.807, 2.05) is 0 Å². The minimum atomic E-state index is -0.336. The number of fused-ring (bicyclic) bond motifs is 1. The van der Waals surface area contributed by atoms with Crippen LogP contribution in [0.1, 0.15) is 27.1 Å². The Bertz CT molecular complexity index is 770. The number of carbonyl (C=O) groups excluding carboxylic acids is 2. The molecule has 0 bridgehead atoms. The van der Waals surface area contributed by atoms with Crippen molar-refractivity contribution in [2.45, 2.75) is 6.42 Å². The highest BCUT2D eigenvalue weighted by Gasteiger charge is 2.15. The molecule has 0 radical (unpaired) electrons. The van der Waals surface area contributed by atoms with Crippen molar-refractivity contribution in [3.63, 3.8) is 0 Å². The average Bonchev–Trinajstić information content (AvgIpc) is 2.90. The van der Waals surface area contributed by atoms with Gasteiger partial charge in [-0.3, -0.25) is 9.59 Å². The highest BCUT2D eigenvalue weighted by Crippen LogP contribution is 2.30. The maximum absolute atomic E-state index is 12.3. The van der Waals surface area contributed by atoms with E-state index in [4.69, 9.17) is 14.2 Å². The van der Waals surface area contributed by atoms with E-state index in [0.717, 1.165) is 6.42 Å². The molecule has 1 aliphatic heterocycles. The Hall–Kier alpha value is -3.02. The van der Waals surface area contributed by atoms with E-state index < -0.39 is 0 Å². The lowest BCUT2D eigenvalue weighted by molar-refractivity contribution is 0.0904. The molecule has 130 valence electrons. The third-order valence-corrected chi connectivity index (χ3v) is 3.83. The molecular weight excluding hydrogens is 322 g/mol. The molecule has 3 rings (SSSR count). The van der Waals surface area contributed by atoms with Gasteiger partial charge in [-0.2, -0.15) is 0 Å². The van der Waals surface area contributed by atoms with Gasteiger partial charge in [-0.1, -0.05) is 0 Å². The van der Waals surface area contributed by atoms with Crippen LogP contribution in [0.15, 0.2) is 42.5 Å². The molecule has 1 aliphatic rings. The number of nitrogens with one attached hydrogen (secondary N) is 1. The van der Waals surface area contributed by atoms with E-state index in [1.165, 1.54) is 0 Å². The van der Waals surface area contributed by atoms with Crippen molar-refractivity contribution in [2.24, 2.45) is 0 Å². The van der Waals surface area contributed by atoms with E-state index in [1.54, 1.807) is 49.6 Å². The van der Waals surface area contributed by atoms with Gasteiger partial charge in [0.25, 0.3) is 5.91 Å². The molecule has 0 unspecified atom stereocenters. The first-order valence-corrected chi connectivity index (χ1v) is 8.02. The summed E-state index contributed by atoms with van der Waals surface area (Å²) in [4.78, 5) is 24.4.